The SMILES string of the molecule is CCn1c(SCC(=O)Nc2cccc(Cl)c2C)nnc1-c1csc(C)c1C. The molecule has 0 spiro atoms. The standard InChI is InChI=1S/C19H21ClN4OS2/c1-5-24-18(14-9-26-13(4)11(14)2)22-23-19(24)27-10-17(25)21-16-8-6-7-15(20)12(16)3/h6-9H,5,10H2,1-4H3,(H,21,25). The number of nitrogens with one attached hydrogen (secondary N) is 1. The largest absolute Gasteiger partial charge is 0.325 e. The summed E-state index contributed by atoms with van der Waals surface area (Å²) in [5.41, 5.74) is 3.93. The molecule has 1 N–H and O–H groups in total. The molecule has 1 amide bonds. The molecule has 1 aromatic carbocycles. The molecule has 3 aromatic rings. The molecule has 8 heteroatoms. The van der Waals surface area contributed by atoms with Gasteiger partial charge in [0.1, 0.15) is 0 Å². The fourth-order valence-corrected chi connectivity index (χ4v) is 4.51. The third-order valence-corrected chi connectivity index (χ3v) is 6.82. The summed E-state index contributed by atoms with van der Waals surface area (Å²) < 4.78 is 2.05. The van der Waals surface area contributed by atoms with E-state index < -0.39 is 0 Å². The number of aromatic nitrogens is 3. The van der Waals surface area contributed by atoms with Crippen LogP contribution in [-0.2, 0) is 11.3 Å². The highest BCUT2D eigenvalue weighted by Gasteiger charge is 2.18. The van der Waals surface area contributed by atoms with Gasteiger partial charge in [0.15, 0.2) is 11.0 Å². The molecule has 142 valence electrons. The van der Waals surface area contributed by atoms with Gasteiger partial charge in [-0.15, -0.1) is 21.5 Å². The van der Waals surface area contributed by atoms with Crippen LogP contribution in [0.3, 0.4) is 0 Å². The Morgan fingerprint density at radius 2 is 2.04 bits per heavy atom. The zero-order valence-corrected chi connectivity index (χ0v) is 18.1. The molecule has 0 aliphatic carbocycles. The number of rotatable bonds is 6. The van der Waals surface area contributed by atoms with Crippen LogP contribution in [0.15, 0.2) is 28.7 Å². The van der Waals surface area contributed by atoms with Crippen LogP contribution in [0.25, 0.3) is 11.4 Å². The Balaban J connectivity index is 1.72. The summed E-state index contributed by atoms with van der Waals surface area (Å²) >= 11 is 9.21. The molecule has 0 unspecified atom stereocenters. The van der Waals surface area contributed by atoms with E-state index >= 15 is 0 Å². The molecule has 0 fully saturated rings. The lowest BCUT2D eigenvalue weighted by atomic mass is 10.1. The van der Waals surface area contributed by atoms with Crippen LogP contribution in [-0.4, -0.2) is 26.4 Å². The van der Waals surface area contributed by atoms with E-state index in [2.05, 4.69) is 46.2 Å². The van der Waals surface area contributed by atoms with Gasteiger partial charge < -0.3 is 9.88 Å². The lowest BCUT2D eigenvalue weighted by Gasteiger charge is -2.10. The summed E-state index contributed by atoms with van der Waals surface area (Å²) in [6.45, 7) is 8.89. The van der Waals surface area contributed by atoms with E-state index in [1.54, 1.807) is 17.4 Å². The number of thioether (sulfide) groups is 1. The zero-order valence-electron chi connectivity index (χ0n) is 15.7. The van der Waals surface area contributed by atoms with Crippen molar-refractivity contribution in [1.29, 1.82) is 0 Å². The first-order valence-corrected chi connectivity index (χ1v) is 10.8. The van der Waals surface area contributed by atoms with Crippen molar-refractivity contribution < 1.29 is 4.79 Å². The number of aryl methyl sites for hydroxylation is 1. The third-order valence-electron chi connectivity index (χ3n) is 4.43. The first kappa shape index (κ1) is 19.9. The van der Waals surface area contributed by atoms with Crippen LogP contribution in [0, 0.1) is 20.8 Å². The summed E-state index contributed by atoms with van der Waals surface area (Å²) in [5, 5.41) is 15.1. The fourth-order valence-electron chi connectivity index (χ4n) is 2.67. The molecule has 0 saturated heterocycles. The maximum absolute atomic E-state index is 12.4. The molecule has 2 aromatic heterocycles. The number of hydrogen-bond acceptors (Lipinski definition) is 5. The highest BCUT2D eigenvalue weighted by molar-refractivity contribution is 7.99. The zero-order chi connectivity index (χ0) is 19.6. The molecule has 0 atom stereocenters. The van der Waals surface area contributed by atoms with E-state index in [0.717, 1.165) is 34.3 Å². The number of nitrogens with zero attached hydrogens (tertiary/aromatic N) is 3. The third kappa shape index (κ3) is 4.20. The smallest absolute Gasteiger partial charge is 0.234 e. The van der Waals surface area contributed by atoms with Gasteiger partial charge in [-0.1, -0.05) is 29.4 Å². The van der Waals surface area contributed by atoms with Gasteiger partial charge in [-0.25, -0.2) is 0 Å². The normalized spacial score (nSPS) is 11.0. The Bertz CT molecular complexity index is 980. The maximum atomic E-state index is 12.4. The van der Waals surface area contributed by atoms with Crippen LogP contribution in [0.2, 0.25) is 5.02 Å². The highest BCUT2D eigenvalue weighted by Crippen LogP contribution is 2.31. The van der Waals surface area contributed by atoms with Crippen LogP contribution in [0.1, 0.15) is 22.9 Å². The molecular weight excluding hydrogens is 400 g/mol. The number of halogens is 1. The van der Waals surface area contributed by atoms with E-state index in [1.165, 1.54) is 22.2 Å². The molecule has 2 heterocycles. The lowest BCUT2D eigenvalue weighted by molar-refractivity contribution is -0.113. The van der Waals surface area contributed by atoms with Crippen molar-refractivity contribution >= 4 is 46.3 Å². The molecule has 0 aliphatic heterocycles. The second kappa shape index (κ2) is 8.46. The Labute approximate surface area is 172 Å². The minimum absolute atomic E-state index is 0.0971. The summed E-state index contributed by atoms with van der Waals surface area (Å²) in [7, 11) is 0. The number of carbonyl (C=O) groups is 1. The minimum atomic E-state index is -0.0971. The van der Waals surface area contributed by atoms with E-state index in [4.69, 9.17) is 11.6 Å². The quantitative estimate of drug-likeness (QED) is 0.547. The average molecular weight is 421 g/mol. The van der Waals surface area contributed by atoms with Crippen molar-refractivity contribution in [2.45, 2.75) is 39.4 Å². The second-order valence-electron chi connectivity index (χ2n) is 6.13. The molecule has 0 saturated carbocycles. The Morgan fingerprint density at radius 1 is 1.26 bits per heavy atom. The predicted octanol–water partition coefficient (Wildman–Crippen LogP) is 5.34. The number of anilines is 1. The summed E-state index contributed by atoms with van der Waals surface area (Å²) in [4.78, 5) is 13.6. The van der Waals surface area contributed by atoms with Crippen molar-refractivity contribution in [3.8, 4) is 11.4 Å². The van der Waals surface area contributed by atoms with Crippen molar-refractivity contribution in [2.24, 2.45) is 0 Å². The molecular formula is C19H21ClN4OS2. The van der Waals surface area contributed by atoms with E-state index in [-0.39, 0.29) is 11.7 Å². The van der Waals surface area contributed by atoms with Crippen LogP contribution in [0.5, 0.6) is 0 Å². The monoisotopic (exact) mass is 420 g/mol. The van der Waals surface area contributed by atoms with Gasteiger partial charge in [0.2, 0.25) is 5.91 Å². The van der Waals surface area contributed by atoms with Crippen molar-refractivity contribution in [2.75, 3.05) is 11.1 Å². The Morgan fingerprint density at radius 3 is 2.70 bits per heavy atom. The molecule has 0 aliphatic rings. The number of amides is 1. The topological polar surface area (TPSA) is 59.8 Å². The van der Waals surface area contributed by atoms with Gasteiger partial charge >= 0.3 is 0 Å². The van der Waals surface area contributed by atoms with Gasteiger partial charge in [-0.05, 0) is 51.0 Å². The fraction of sp³-hybridized carbons (Fsp3) is 0.316. The predicted molar refractivity (Wildman–Crippen MR) is 114 cm³/mol. The first-order chi connectivity index (χ1) is 12.9. The van der Waals surface area contributed by atoms with E-state index in [1.807, 2.05) is 19.1 Å². The second-order valence-corrected chi connectivity index (χ2v) is 8.56. The molecule has 0 bridgehead atoms. The van der Waals surface area contributed by atoms with Gasteiger partial charge in [-0.3, -0.25) is 4.79 Å². The Hall–Kier alpha value is -1.83. The van der Waals surface area contributed by atoms with E-state index in [9.17, 15) is 4.79 Å². The van der Waals surface area contributed by atoms with Crippen molar-refractivity contribution in [3.63, 3.8) is 0 Å². The maximum Gasteiger partial charge on any atom is 0.234 e. The number of benzene rings is 1. The Kier molecular flexibility index (Phi) is 6.24. The summed E-state index contributed by atoms with van der Waals surface area (Å²) in [6, 6.07) is 5.47. The van der Waals surface area contributed by atoms with Gasteiger partial charge in [-0.2, -0.15) is 0 Å². The molecule has 3 rings (SSSR count). The summed E-state index contributed by atoms with van der Waals surface area (Å²) in [6.07, 6.45) is 0. The number of thiophene rings is 1. The average Bonchev–Trinajstić information content (AvgIpc) is 3.20. The minimum Gasteiger partial charge on any atom is -0.325 e. The highest BCUT2D eigenvalue weighted by atomic mass is 35.5. The number of carbonyl (C=O) groups excluding carboxylic acids is 1. The van der Waals surface area contributed by atoms with Gasteiger partial charge in [0, 0.05) is 33.1 Å². The van der Waals surface area contributed by atoms with Gasteiger partial charge in [0.05, 0.1) is 5.75 Å². The van der Waals surface area contributed by atoms with Crippen molar-refractivity contribution in [1.82, 2.24) is 14.8 Å². The lowest BCUT2D eigenvalue weighted by Crippen LogP contribution is -2.15. The van der Waals surface area contributed by atoms with Crippen molar-refractivity contribution in [3.05, 3.63) is 44.6 Å². The van der Waals surface area contributed by atoms with Crippen LogP contribution < -0.4 is 5.32 Å². The molecule has 0 radical (unpaired) electrons. The van der Waals surface area contributed by atoms with E-state index in [0.29, 0.717) is 5.02 Å². The van der Waals surface area contributed by atoms with Crippen LogP contribution >= 0.6 is 34.7 Å². The molecule has 5 nitrogen and oxygen atoms in total. The van der Waals surface area contributed by atoms with Gasteiger partial charge in [0.25, 0.3) is 0 Å². The summed E-state index contributed by atoms with van der Waals surface area (Å²) in [5.74, 6) is 1.01. The van der Waals surface area contributed by atoms with Crippen LogP contribution in [0.4, 0.5) is 5.69 Å². The molecule has 27 heavy (non-hydrogen) atoms. The number of hydrogen-bond donors (Lipinski definition) is 1. The first-order valence-electron chi connectivity index (χ1n) is 8.58.